The molecule has 0 aromatic heterocycles. The van der Waals surface area contributed by atoms with Gasteiger partial charge in [-0.2, -0.15) is 11.8 Å². The third-order valence-corrected chi connectivity index (χ3v) is 2.57. The molecule has 1 fully saturated rings. The van der Waals surface area contributed by atoms with Gasteiger partial charge in [0.15, 0.2) is 0 Å². The van der Waals surface area contributed by atoms with E-state index < -0.39 is 0 Å². The second-order valence-corrected chi connectivity index (χ2v) is 3.66. The zero-order valence-electron chi connectivity index (χ0n) is 6.05. The fourth-order valence-electron chi connectivity index (χ4n) is 0.883. The minimum Gasteiger partial charge on any atom is -0.300 e. The van der Waals surface area contributed by atoms with Gasteiger partial charge in [-0.3, -0.25) is 4.90 Å². The van der Waals surface area contributed by atoms with Crippen LogP contribution in [0.3, 0.4) is 0 Å². The van der Waals surface area contributed by atoms with Crippen LogP contribution in [0.2, 0.25) is 0 Å². The van der Waals surface area contributed by atoms with Crippen molar-refractivity contribution < 1.29 is 0 Å². The minimum absolute atomic E-state index is 0.601. The number of thioether (sulfide) groups is 1. The first-order valence-corrected chi connectivity index (χ1v) is 4.44. The third-order valence-electron chi connectivity index (χ3n) is 1.53. The van der Waals surface area contributed by atoms with Gasteiger partial charge in [-0.25, -0.2) is 0 Å². The molecule has 1 rings (SSSR count). The highest BCUT2D eigenvalue weighted by Gasteiger charge is 2.13. The predicted molar refractivity (Wildman–Crippen MR) is 42.8 cm³/mol. The smallest absolute Gasteiger partial charge is 0.0685 e. The van der Waals surface area contributed by atoms with E-state index in [2.05, 4.69) is 24.3 Å². The number of hydrogen-bond acceptors (Lipinski definition) is 3. The summed E-state index contributed by atoms with van der Waals surface area (Å²) >= 11 is 2.03. The first-order valence-electron chi connectivity index (χ1n) is 3.28. The van der Waals surface area contributed by atoms with Crippen molar-refractivity contribution in [2.45, 2.75) is 6.17 Å². The van der Waals surface area contributed by atoms with Crippen LogP contribution in [0.5, 0.6) is 0 Å². The lowest BCUT2D eigenvalue weighted by atomic mass is 10.5. The average Bonchev–Trinajstić information content (AvgIpc) is 1.90. The topological polar surface area (TPSA) is 15.3 Å². The lowest BCUT2D eigenvalue weighted by Crippen LogP contribution is -2.46. The molecule has 1 aliphatic heterocycles. The zero-order chi connectivity index (χ0) is 6.69. The summed E-state index contributed by atoms with van der Waals surface area (Å²) < 4.78 is 0. The van der Waals surface area contributed by atoms with Crippen molar-refractivity contribution in [1.29, 1.82) is 0 Å². The van der Waals surface area contributed by atoms with E-state index in [0.717, 1.165) is 6.54 Å². The molecule has 0 spiro atoms. The third kappa shape index (κ3) is 2.16. The number of nitrogens with zero attached hydrogens (tertiary/aromatic N) is 1. The van der Waals surface area contributed by atoms with Gasteiger partial charge >= 0.3 is 0 Å². The summed E-state index contributed by atoms with van der Waals surface area (Å²) in [5, 5.41) is 3.42. The van der Waals surface area contributed by atoms with E-state index in [4.69, 9.17) is 0 Å². The lowest BCUT2D eigenvalue weighted by Gasteiger charge is -2.28. The van der Waals surface area contributed by atoms with Crippen molar-refractivity contribution >= 4 is 11.8 Å². The zero-order valence-corrected chi connectivity index (χ0v) is 6.87. The van der Waals surface area contributed by atoms with Gasteiger partial charge in [0, 0.05) is 18.1 Å². The molecule has 0 saturated carbocycles. The van der Waals surface area contributed by atoms with Gasteiger partial charge in [0.05, 0.1) is 6.17 Å². The van der Waals surface area contributed by atoms with Gasteiger partial charge in [-0.1, -0.05) is 0 Å². The summed E-state index contributed by atoms with van der Waals surface area (Å²) in [5.41, 5.74) is 0. The van der Waals surface area contributed by atoms with Gasteiger partial charge < -0.3 is 5.32 Å². The van der Waals surface area contributed by atoms with E-state index in [1.54, 1.807) is 0 Å². The Morgan fingerprint density at radius 1 is 1.56 bits per heavy atom. The van der Waals surface area contributed by atoms with Gasteiger partial charge in [-0.05, 0) is 14.1 Å². The standard InChI is InChI=1S/C6H14N2S/c1-8(2)6-5-9-4-3-7-6/h6-7H,3-5H2,1-2H3. The first kappa shape index (κ1) is 7.38. The van der Waals surface area contributed by atoms with Crippen molar-refractivity contribution in [3.63, 3.8) is 0 Å². The van der Waals surface area contributed by atoms with Gasteiger partial charge in [-0.15, -0.1) is 0 Å². The Morgan fingerprint density at radius 2 is 2.33 bits per heavy atom. The monoisotopic (exact) mass is 146 g/mol. The second-order valence-electron chi connectivity index (χ2n) is 2.51. The van der Waals surface area contributed by atoms with E-state index in [1.165, 1.54) is 11.5 Å². The quantitative estimate of drug-likeness (QED) is 0.569. The summed E-state index contributed by atoms with van der Waals surface area (Å²) in [6, 6.07) is 0. The van der Waals surface area contributed by atoms with Crippen LogP contribution in [0.1, 0.15) is 0 Å². The molecule has 1 saturated heterocycles. The Bertz CT molecular complexity index is 79.1. The SMILES string of the molecule is CN(C)C1CSCCN1. The van der Waals surface area contributed by atoms with Crippen LogP contribution in [0, 0.1) is 0 Å². The van der Waals surface area contributed by atoms with Gasteiger partial charge in [0.1, 0.15) is 0 Å². The highest BCUT2D eigenvalue weighted by Crippen LogP contribution is 2.08. The van der Waals surface area contributed by atoms with E-state index in [1.807, 2.05) is 11.8 Å². The van der Waals surface area contributed by atoms with Crippen molar-refractivity contribution in [3.8, 4) is 0 Å². The van der Waals surface area contributed by atoms with E-state index >= 15 is 0 Å². The molecule has 0 radical (unpaired) electrons. The van der Waals surface area contributed by atoms with E-state index in [9.17, 15) is 0 Å². The molecular weight excluding hydrogens is 132 g/mol. The number of hydrogen-bond donors (Lipinski definition) is 1. The van der Waals surface area contributed by atoms with Gasteiger partial charge in [0.25, 0.3) is 0 Å². The normalized spacial score (nSPS) is 29.0. The Hall–Kier alpha value is 0.270. The highest BCUT2D eigenvalue weighted by atomic mass is 32.2. The minimum atomic E-state index is 0.601. The molecule has 0 amide bonds. The molecule has 0 aromatic carbocycles. The van der Waals surface area contributed by atoms with Crippen molar-refractivity contribution in [2.75, 3.05) is 32.1 Å². The molecule has 0 aromatic rings. The van der Waals surface area contributed by atoms with Gasteiger partial charge in [0.2, 0.25) is 0 Å². The van der Waals surface area contributed by atoms with Crippen molar-refractivity contribution in [2.24, 2.45) is 0 Å². The van der Waals surface area contributed by atoms with Crippen LogP contribution in [-0.4, -0.2) is 43.2 Å². The molecule has 1 unspecified atom stereocenters. The molecule has 1 heterocycles. The maximum atomic E-state index is 3.42. The summed E-state index contributed by atoms with van der Waals surface area (Å²) in [4.78, 5) is 2.23. The summed E-state index contributed by atoms with van der Waals surface area (Å²) in [7, 11) is 4.23. The second kappa shape index (κ2) is 3.44. The highest BCUT2D eigenvalue weighted by molar-refractivity contribution is 7.99. The van der Waals surface area contributed by atoms with Crippen LogP contribution >= 0.6 is 11.8 Å². The van der Waals surface area contributed by atoms with E-state index in [-0.39, 0.29) is 0 Å². The van der Waals surface area contributed by atoms with Crippen LogP contribution < -0.4 is 5.32 Å². The maximum absolute atomic E-state index is 3.42. The van der Waals surface area contributed by atoms with E-state index in [0.29, 0.717) is 6.17 Å². The molecule has 9 heavy (non-hydrogen) atoms. The maximum Gasteiger partial charge on any atom is 0.0685 e. The van der Waals surface area contributed by atoms with Crippen LogP contribution in [-0.2, 0) is 0 Å². The average molecular weight is 146 g/mol. The Kier molecular flexibility index (Phi) is 2.82. The van der Waals surface area contributed by atoms with Crippen LogP contribution in [0.25, 0.3) is 0 Å². The molecular formula is C6H14N2S. The molecule has 1 N–H and O–H groups in total. The summed E-state index contributed by atoms with van der Waals surface area (Å²) in [6.45, 7) is 1.16. The molecule has 0 bridgehead atoms. The van der Waals surface area contributed by atoms with Crippen molar-refractivity contribution in [3.05, 3.63) is 0 Å². The fraction of sp³-hybridized carbons (Fsp3) is 1.00. The largest absolute Gasteiger partial charge is 0.300 e. The molecule has 2 nitrogen and oxygen atoms in total. The summed E-state index contributed by atoms with van der Waals surface area (Å²) in [5.74, 6) is 2.50. The fourth-order valence-corrected chi connectivity index (χ4v) is 1.95. The molecule has 1 aliphatic rings. The Labute approximate surface area is 61.0 Å². The Balaban J connectivity index is 2.23. The molecule has 3 heteroatoms. The summed E-state index contributed by atoms with van der Waals surface area (Å²) in [6.07, 6.45) is 0.601. The number of rotatable bonds is 1. The molecule has 1 atom stereocenters. The number of nitrogens with one attached hydrogen (secondary N) is 1. The van der Waals surface area contributed by atoms with Crippen molar-refractivity contribution in [1.82, 2.24) is 10.2 Å². The van der Waals surface area contributed by atoms with Crippen LogP contribution in [0.4, 0.5) is 0 Å². The lowest BCUT2D eigenvalue weighted by molar-refractivity contribution is 0.271. The van der Waals surface area contributed by atoms with Crippen LogP contribution in [0.15, 0.2) is 0 Å². The Morgan fingerprint density at radius 3 is 2.67 bits per heavy atom. The predicted octanol–water partition coefficient (Wildman–Crippen LogP) is 0.210. The first-order chi connectivity index (χ1) is 4.30. The molecule has 54 valence electrons. The molecule has 0 aliphatic carbocycles.